The Balaban J connectivity index is 1.23. The van der Waals surface area contributed by atoms with Crippen LogP contribution in [0, 0.1) is 0 Å². The van der Waals surface area contributed by atoms with Crippen LogP contribution in [0.3, 0.4) is 0 Å². The number of nitrogens with zero attached hydrogens (tertiary/aromatic N) is 3. The first-order valence-corrected chi connectivity index (χ1v) is 10.4. The van der Waals surface area contributed by atoms with Gasteiger partial charge in [0, 0.05) is 56.5 Å². The third kappa shape index (κ3) is 5.28. The number of rotatable bonds is 5. The number of amides is 2. The van der Waals surface area contributed by atoms with Crippen molar-refractivity contribution in [2.75, 3.05) is 49.5 Å². The van der Waals surface area contributed by atoms with Crippen LogP contribution in [-0.4, -0.2) is 55.2 Å². The van der Waals surface area contributed by atoms with E-state index in [9.17, 15) is 18.0 Å². The van der Waals surface area contributed by atoms with Crippen molar-refractivity contribution in [2.24, 2.45) is 0 Å². The van der Waals surface area contributed by atoms with Gasteiger partial charge in [-0.15, -0.1) is 0 Å². The SMILES string of the molecule is O=C(NCCN1CCN(c2cccc(C(F)(F)F)c2)CC1)Nc1ccnc2ccccc12. The second-order valence-electron chi connectivity index (χ2n) is 7.63. The van der Waals surface area contributed by atoms with Crippen LogP contribution in [0.2, 0.25) is 0 Å². The van der Waals surface area contributed by atoms with Crippen LogP contribution in [0.15, 0.2) is 60.8 Å². The Morgan fingerprint density at radius 3 is 2.56 bits per heavy atom. The third-order valence-electron chi connectivity index (χ3n) is 5.52. The van der Waals surface area contributed by atoms with Crippen molar-refractivity contribution < 1.29 is 18.0 Å². The number of hydrogen-bond acceptors (Lipinski definition) is 4. The van der Waals surface area contributed by atoms with Crippen LogP contribution in [0.4, 0.5) is 29.3 Å². The van der Waals surface area contributed by atoms with Crippen molar-refractivity contribution >= 4 is 28.3 Å². The summed E-state index contributed by atoms with van der Waals surface area (Å²) >= 11 is 0. The fraction of sp³-hybridized carbons (Fsp3) is 0.304. The summed E-state index contributed by atoms with van der Waals surface area (Å²) in [5.74, 6) is 0. The number of carbonyl (C=O) groups is 1. The number of hydrogen-bond donors (Lipinski definition) is 2. The third-order valence-corrected chi connectivity index (χ3v) is 5.52. The molecule has 1 aliphatic heterocycles. The minimum Gasteiger partial charge on any atom is -0.369 e. The van der Waals surface area contributed by atoms with Gasteiger partial charge in [0.15, 0.2) is 0 Å². The number of piperazine rings is 1. The maximum absolute atomic E-state index is 12.9. The molecule has 3 aromatic rings. The van der Waals surface area contributed by atoms with E-state index in [0.717, 1.165) is 17.0 Å². The molecule has 32 heavy (non-hydrogen) atoms. The largest absolute Gasteiger partial charge is 0.416 e. The van der Waals surface area contributed by atoms with Gasteiger partial charge >= 0.3 is 12.2 Å². The first-order chi connectivity index (χ1) is 15.4. The number of aromatic nitrogens is 1. The van der Waals surface area contributed by atoms with E-state index in [4.69, 9.17) is 0 Å². The summed E-state index contributed by atoms with van der Waals surface area (Å²) < 4.78 is 38.8. The topological polar surface area (TPSA) is 60.5 Å². The molecule has 2 N–H and O–H groups in total. The molecule has 0 unspecified atom stereocenters. The van der Waals surface area contributed by atoms with E-state index in [1.54, 1.807) is 18.3 Å². The number of halogens is 3. The normalized spacial score (nSPS) is 15.0. The van der Waals surface area contributed by atoms with E-state index in [2.05, 4.69) is 20.5 Å². The summed E-state index contributed by atoms with van der Waals surface area (Å²) in [4.78, 5) is 20.7. The molecule has 6 nitrogen and oxygen atoms in total. The predicted molar refractivity (Wildman–Crippen MR) is 119 cm³/mol. The Morgan fingerprint density at radius 2 is 1.78 bits per heavy atom. The van der Waals surface area contributed by atoms with Crippen LogP contribution in [0.5, 0.6) is 0 Å². The second kappa shape index (κ2) is 9.44. The lowest BCUT2D eigenvalue weighted by Gasteiger charge is -2.36. The predicted octanol–water partition coefficient (Wildman–Crippen LogP) is 4.20. The number of anilines is 2. The van der Waals surface area contributed by atoms with Gasteiger partial charge in [-0.3, -0.25) is 9.88 Å². The smallest absolute Gasteiger partial charge is 0.369 e. The second-order valence-corrected chi connectivity index (χ2v) is 7.63. The molecule has 2 amide bonds. The van der Waals surface area contributed by atoms with Gasteiger partial charge in [0.1, 0.15) is 0 Å². The highest BCUT2D eigenvalue weighted by Crippen LogP contribution is 2.31. The Bertz CT molecular complexity index is 1080. The van der Waals surface area contributed by atoms with Crippen molar-refractivity contribution in [1.82, 2.24) is 15.2 Å². The lowest BCUT2D eigenvalue weighted by molar-refractivity contribution is -0.137. The average Bonchev–Trinajstić information content (AvgIpc) is 2.79. The molecule has 0 bridgehead atoms. The number of benzene rings is 2. The lowest BCUT2D eigenvalue weighted by atomic mass is 10.1. The van der Waals surface area contributed by atoms with Gasteiger partial charge in [-0.05, 0) is 30.3 Å². The number of para-hydroxylation sites is 1. The van der Waals surface area contributed by atoms with Crippen molar-refractivity contribution in [3.63, 3.8) is 0 Å². The van der Waals surface area contributed by atoms with Crippen LogP contribution in [0.1, 0.15) is 5.56 Å². The van der Waals surface area contributed by atoms with Crippen LogP contribution >= 0.6 is 0 Å². The highest BCUT2D eigenvalue weighted by atomic mass is 19.4. The molecule has 0 atom stereocenters. The number of pyridine rings is 1. The van der Waals surface area contributed by atoms with Gasteiger partial charge in [0.05, 0.1) is 16.8 Å². The molecule has 168 valence electrons. The van der Waals surface area contributed by atoms with Gasteiger partial charge < -0.3 is 15.5 Å². The summed E-state index contributed by atoms with van der Waals surface area (Å²) in [6.45, 7) is 3.84. The Kier molecular flexibility index (Phi) is 6.45. The van der Waals surface area contributed by atoms with E-state index in [1.807, 2.05) is 29.2 Å². The first-order valence-electron chi connectivity index (χ1n) is 10.4. The molecule has 9 heteroatoms. The van der Waals surface area contributed by atoms with Crippen LogP contribution in [-0.2, 0) is 6.18 Å². The number of fused-ring (bicyclic) bond motifs is 1. The van der Waals surface area contributed by atoms with Gasteiger partial charge in [-0.1, -0.05) is 24.3 Å². The van der Waals surface area contributed by atoms with E-state index in [-0.39, 0.29) is 6.03 Å². The zero-order valence-corrected chi connectivity index (χ0v) is 17.4. The summed E-state index contributed by atoms with van der Waals surface area (Å²) in [6, 6.07) is 14.5. The molecule has 0 saturated carbocycles. The monoisotopic (exact) mass is 443 g/mol. The molecule has 0 radical (unpaired) electrons. The highest BCUT2D eigenvalue weighted by molar-refractivity contribution is 6.00. The van der Waals surface area contributed by atoms with Crippen molar-refractivity contribution in [2.45, 2.75) is 6.18 Å². The zero-order valence-electron chi connectivity index (χ0n) is 17.4. The Hall–Kier alpha value is -3.33. The molecule has 1 saturated heterocycles. The molecule has 1 aromatic heterocycles. The summed E-state index contributed by atoms with van der Waals surface area (Å²) in [7, 11) is 0. The van der Waals surface area contributed by atoms with Crippen molar-refractivity contribution in [1.29, 1.82) is 0 Å². The van der Waals surface area contributed by atoms with Gasteiger partial charge in [-0.25, -0.2) is 4.79 Å². The molecular weight excluding hydrogens is 419 g/mol. The lowest BCUT2D eigenvalue weighted by Crippen LogP contribution is -2.48. The standard InChI is InChI=1S/C23H24F3N5O/c24-23(25,26)17-4-3-5-18(16-17)31-14-12-30(13-15-31)11-10-28-22(32)29-21-8-9-27-20-7-2-1-6-19(20)21/h1-9,16H,10-15H2,(H2,27,28,29,32). The number of nitrogens with one attached hydrogen (secondary N) is 2. The van der Waals surface area contributed by atoms with E-state index in [0.29, 0.717) is 50.6 Å². The summed E-state index contributed by atoms with van der Waals surface area (Å²) in [6.07, 6.45) is -2.69. The van der Waals surface area contributed by atoms with Crippen LogP contribution < -0.4 is 15.5 Å². The molecule has 1 fully saturated rings. The van der Waals surface area contributed by atoms with Crippen molar-refractivity contribution in [3.05, 3.63) is 66.4 Å². The number of carbonyl (C=O) groups excluding carboxylic acids is 1. The minimum absolute atomic E-state index is 0.288. The van der Waals surface area contributed by atoms with Crippen LogP contribution in [0.25, 0.3) is 10.9 Å². The molecule has 1 aliphatic rings. The average molecular weight is 443 g/mol. The summed E-state index contributed by atoms with van der Waals surface area (Å²) in [5, 5.41) is 6.59. The molecule has 2 heterocycles. The molecular formula is C23H24F3N5O. The quantitative estimate of drug-likeness (QED) is 0.621. The highest BCUT2D eigenvalue weighted by Gasteiger charge is 2.31. The fourth-order valence-corrected chi connectivity index (χ4v) is 3.81. The van der Waals surface area contributed by atoms with Gasteiger partial charge in [0.25, 0.3) is 0 Å². The maximum Gasteiger partial charge on any atom is 0.416 e. The number of alkyl halides is 3. The Morgan fingerprint density at radius 1 is 1.00 bits per heavy atom. The molecule has 0 aliphatic carbocycles. The van der Waals surface area contributed by atoms with Crippen molar-refractivity contribution in [3.8, 4) is 0 Å². The molecule has 2 aromatic carbocycles. The summed E-state index contributed by atoms with van der Waals surface area (Å²) in [5.41, 5.74) is 1.46. The molecule has 4 rings (SSSR count). The maximum atomic E-state index is 12.9. The van der Waals surface area contributed by atoms with E-state index < -0.39 is 11.7 Å². The van der Waals surface area contributed by atoms with Gasteiger partial charge in [0.2, 0.25) is 0 Å². The minimum atomic E-state index is -4.34. The Labute approximate surface area is 184 Å². The zero-order chi connectivity index (χ0) is 22.6. The number of urea groups is 1. The van der Waals surface area contributed by atoms with E-state index in [1.165, 1.54) is 12.1 Å². The van der Waals surface area contributed by atoms with E-state index >= 15 is 0 Å². The van der Waals surface area contributed by atoms with Gasteiger partial charge in [-0.2, -0.15) is 13.2 Å². The first kappa shape index (κ1) is 21.9. The fourth-order valence-electron chi connectivity index (χ4n) is 3.81. The molecule has 0 spiro atoms.